The summed E-state index contributed by atoms with van der Waals surface area (Å²) >= 11 is 4.47. The smallest absolute Gasteiger partial charge is 0.252 e. The van der Waals surface area contributed by atoms with Gasteiger partial charge < -0.3 is 4.90 Å². The van der Waals surface area contributed by atoms with Gasteiger partial charge in [-0.15, -0.1) is 11.3 Å². The SMILES string of the molecule is CCN(C(=O)C1CCN(S(=O)(=O)c2ccc(Br)s2)CC1)c1ccc(F)cc1. The van der Waals surface area contributed by atoms with E-state index >= 15 is 0 Å². The molecule has 1 aliphatic rings. The molecule has 0 aliphatic carbocycles. The van der Waals surface area contributed by atoms with E-state index < -0.39 is 10.0 Å². The fraction of sp³-hybridized carbons (Fsp3) is 0.389. The molecule has 0 spiro atoms. The van der Waals surface area contributed by atoms with Crippen LogP contribution in [0.4, 0.5) is 10.1 Å². The van der Waals surface area contributed by atoms with Crippen molar-refractivity contribution in [1.29, 1.82) is 0 Å². The number of sulfonamides is 1. The van der Waals surface area contributed by atoms with Gasteiger partial charge in [0.1, 0.15) is 10.0 Å². The summed E-state index contributed by atoms with van der Waals surface area (Å²) in [5, 5.41) is 0. The zero-order valence-corrected chi connectivity index (χ0v) is 18.0. The third-order valence-corrected chi connectivity index (χ3v) is 8.66. The van der Waals surface area contributed by atoms with Crippen molar-refractivity contribution in [3.63, 3.8) is 0 Å². The van der Waals surface area contributed by atoms with Crippen molar-refractivity contribution in [1.82, 2.24) is 4.31 Å². The van der Waals surface area contributed by atoms with Crippen LogP contribution in [0.25, 0.3) is 0 Å². The predicted molar refractivity (Wildman–Crippen MR) is 108 cm³/mol. The number of nitrogens with zero attached hydrogens (tertiary/aromatic N) is 2. The van der Waals surface area contributed by atoms with E-state index in [0.29, 0.717) is 42.4 Å². The van der Waals surface area contributed by atoms with Crippen molar-refractivity contribution in [2.24, 2.45) is 5.92 Å². The molecule has 27 heavy (non-hydrogen) atoms. The average molecular weight is 475 g/mol. The molecule has 0 atom stereocenters. The number of halogens is 2. The van der Waals surface area contributed by atoms with E-state index in [1.54, 1.807) is 29.2 Å². The summed E-state index contributed by atoms with van der Waals surface area (Å²) in [6, 6.07) is 9.15. The molecule has 5 nitrogen and oxygen atoms in total. The molecule has 2 heterocycles. The first-order valence-corrected chi connectivity index (χ1v) is 11.7. The fourth-order valence-electron chi connectivity index (χ4n) is 3.21. The largest absolute Gasteiger partial charge is 0.312 e. The standard InChI is InChI=1S/C18H20BrFN2O3S2/c1-2-22(15-5-3-14(20)4-6-15)18(23)13-9-11-21(12-10-13)27(24,25)17-8-7-16(19)26-17/h3-8,13H,2,9-12H2,1H3. The van der Waals surface area contributed by atoms with Gasteiger partial charge in [-0.05, 0) is 72.1 Å². The Balaban J connectivity index is 1.67. The number of carbonyl (C=O) groups is 1. The van der Waals surface area contributed by atoms with Crippen LogP contribution in [-0.2, 0) is 14.8 Å². The van der Waals surface area contributed by atoms with Crippen LogP contribution in [0.3, 0.4) is 0 Å². The van der Waals surface area contributed by atoms with Gasteiger partial charge in [-0.2, -0.15) is 4.31 Å². The molecule has 0 radical (unpaired) electrons. The highest BCUT2D eigenvalue weighted by atomic mass is 79.9. The third kappa shape index (κ3) is 4.42. The van der Waals surface area contributed by atoms with Crippen molar-refractivity contribution in [2.75, 3.05) is 24.5 Å². The third-order valence-electron chi connectivity index (χ3n) is 4.67. The Labute approximate surface area is 171 Å². The van der Waals surface area contributed by atoms with E-state index in [9.17, 15) is 17.6 Å². The van der Waals surface area contributed by atoms with Gasteiger partial charge in [0, 0.05) is 31.2 Å². The molecular weight excluding hydrogens is 455 g/mol. The zero-order chi connectivity index (χ0) is 19.6. The molecule has 146 valence electrons. The lowest BCUT2D eigenvalue weighted by molar-refractivity contribution is -0.123. The molecule has 1 fully saturated rings. The number of hydrogen-bond acceptors (Lipinski definition) is 4. The van der Waals surface area contributed by atoms with Crippen molar-refractivity contribution in [3.8, 4) is 0 Å². The van der Waals surface area contributed by atoms with Crippen LogP contribution < -0.4 is 4.90 Å². The maximum atomic E-state index is 13.1. The van der Waals surface area contributed by atoms with Crippen LogP contribution in [0.5, 0.6) is 0 Å². The van der Waals surface area contributed by atoms with Crippen LogP contribution in [-0.4, -0.2) is 38.3 Å². The Morgan fingerprint density at radius 2 is 1.85 bits per heavy atom. The topological polar surface area (TPSA) is 57.7 Å². The first-order valence-electron chi connectivity index (χ1n) is 8.65. The maximum Gasteiger partial charge on any atom is 0.252 e. The first kappa shape index (κ1) is 20.4. The molecule has 1 saturated heterocycles. The van der Waals surface area contributed by atoms with Crippen LogP contribution in [0.15, 0.2) is 44.4 Å². The molecule has 0 bridgehead atoms. The monoisotopic (exact) mass is 474 g/mol. The molecule has 0 saturated carbocycles. The minimum atomic E-state index is -3.52. The number of carbonyl (C=O) groups excluding carboxylic acids is 1. The summed E-state index contributed by atoms with van der Waals surface area (Å²) in [6.45, 7) is 2.98. The quantitative estimate of drug-likeness (QED) is 0.655. The summed E-state index contributed by atoms with van der Waals surface area (Å²) in [4.78, 5) is 14.5. The van der Waals surface area contributed by atoms with E-state index in [1.165, 1.54) is 27.8 Å². The van der Waals surface area contributed by atoms with E-state index in [0.717, 1.165) is 3.79 Å². The van der Waals surface area contributed by atoms with Gasteiger partial charge in [-0.25, -0.2) is 12.8 Å². The van der Waals surface area contributed by atoms with Gasteiger partial charge >= 0.3 is 0 Å². The number of hydrogen-bond donors (Lipinski definition) is 0. The number of rotatable bonds is 5. The number of amides is 1. The average Bonchev–Trinajstić information content (AvgIpc) is 3.11. The minimum absolute atomic E-state index is 0.0416. The molecule has 0 N–H and O–H groups in total. The van der Waals surface area contributed by atoms with Crippen molar-refractivity contribution >= 4 is 48.9 Å². The minimum Gasteiger partial charge on any atom is -0.312 e. The molecule has 1 aromatic heterocycles. The van der Waals surface area contributed by atoms with Crippen molar-refractivity contribution in [2.45, 2.75) is 24.0 Å². The van der Waals surface area contributed by atoms with Crippen molar-refractivity contribution in [3.05, 3.63) is 46.0 Å². The maximum absolute atomic E-state index is 13.1. The number of anilines is 1. The molecule has 3 rings (SSSR count). The normalized spacial score (nSPS) is 16.4. The van der Waals surface area contributed by atoms with Gasteiger partial charge in [0.2, 0.25) is 5.91 Å². The van der Waals surface area contributed by atoms with E-state index in [4.69, 9.17) is 0 Å². The first-order chi connectivity index (χ1) is 12.8. The van der Waals surface area contributed by atoms with Gasteiger partial charge in [0.25, 0.3) is 10.0 Å². The Kier molecular flexibility index (Phi) is 6.35. The molecule has 9 heteroatoms. The van der Waals surface area contributed by atoms with Gasteiger partial charge in [-0.3, -0.25) is 4.79 Å². The summed E-state index contributed by atoms with van der Waals surface area (Å²) in [7, 11) is -3.52. The second kappa shape index (κ2) is 8.38. The summed E-state index contributed by atoms with van der Waals surface area (Å²) < 4.78 is 41.1. The zero-order valence-electron chi connectivity index (χ0n) is 14.8. The van der Waals surface area contributed by atoms with Crippen LogP contribution >= 0.6 is 27.3 Å². The lowest BCUT2D eigenvalue weighted by atomic mass is 9.96. The fourth-order valence-corrected chi connectivity index (χ4v) is 6.85. The molecule has 1 aromatic carbocycles. The number of thiophene rings is 1. The van der Waals surface area contributed by atoms with Gasteiger partial charge in [0.05, 0.1) is 3.79 Å². The van der Waals surface area contributed by atoms with Gasteiger partial charge in [-0.1, -0.05) is 0 Å². The Hall–Kier alpha value is -1.29. The molecule has 0 unspecified atom stereocenters. The predicted octanol–water partition coefficient (Wildman–Crippen LogP) is 4.10. The molecule has 2 aromatic rings. The molecule has 1 aliphatic heterocycles. The Morgan fingerprint density at radius 3 is 2.37 bits per heavy atom. The lowest BCUT2D eigenvalue weighted by Crippen LogP contribution is -2.44. The summed E-state index contributed by atoms with van der Waals surface area (Å²) in [5.74, 6) is -0.627. The second-order valence-electron chi connectivity index (χ2n) is 6.30. The molecular formula is C18H20BrFN2O3S2. The highest BCUT2D eigenvalue weighted by molar-refractivity contribution is 9.11. The Bertz CT molecular complexity index is 907. The van der Waals surface area contributed by atoms with Crippen LogP contribution in [0, 0.1) is 11.7 Å². The number of piperidine rings is 1. The van der Waals surface area contributed by atoms with Gasteiger partial charge in [0.15, 0.2) is 0 Å². The highest BCUT2D eigenvalue weighted by Crippen LogP contribution is 2.31. The number of benzene rings is 1. The van der Waals surface area contributed by atoms with Crippen LogP contribution in [0.1, 0.15) is 19.8 Å². The molecule has 1 amide bonds. The summed E-state index contributed by atoms with van der Waals surface area (Å²) in [6.07, 6.45) is 0.949. The van der Waals surface area contributed by atoms with E-state index in [-0.39, 0.29) is 17.6 Å². The van der Waals surface area contributed by atoms with E-state index in [2.05, 4.69) is 15.9 Å². The summed E-state index contributed by atoms with van der Waals surface area (Å²) in [5.41, 5.74) is 0.655. The van der Waals surface area contributed by atoms with E-state index in [1.807, 2.05) is 6.92 Å². The second-order valence-corrected chi connectivity index (χ2v) is 10.9. The van der Waals surface area contributed by atoms with Crippen molar-refractivity contribution < 1.29 is 17.6 Å². The lowest BCUT2D eigenvalue weighted by Gasteiger charge is -2.33. The van der Waals surface area contributed by atoms with Crippen LogP contribution in [0.2, 0.25) is 0 Å². The Morgan fingerprint density at radius 1 is 1.22 bits per heavy atom. The highest BCUT2D eigenvalue weighted by Gasteiger charge is 2.34.